The average molecular weight is 328 g/mol. The molecule has 0 saturated heterocycles. The Morgan fingerprint density at radius 3 is 0.706 bits per heavy atom. The maximum atomic E-state index is 8.55. The van der Waals surface area contributed by atoms with Gasteiger partial charge < -0.3 is 49.9 Å². The summed E-state index contributed by atoms with van der Waals surface area (Å²) in [6.45, 7) is 0. The summed E-state index contributed by atoms with van der Waals surface area (Å²) in [6, 6.07) is 0. The molecular weight excluding hydrogens is 328 g/mol. The molecule has 0 spiro atoms. The van der Waals surface area contributed by atoms with Crippen LogP contribution in [0.15, 0.2) is 0 Å². The molecule has 0 bridgehead atoms. The first-order valence-electron chi connectivity index (χ1n) is 1.83. The predicted octanol–water partition coefficient (Wildman–Crippen LogP) is -12.7. The van der Waals surface area contributed by atoms with Gasteiger partial charge in [0.25, 0.3) is 0 Å². The summed E-state index contributed by atoms with van der Waals surface area (Å²) >= 11 is 0. The second-order valence-corrected chi connectivity index (χ2v) is 1.79. The molecule has 0 atom stereocenters. The van der Waals surface area contributed by atoms with E-state index in [9.17, 15) is 0 Å². The number of hydrogen-bond acceptors (Lipinski definition) is 10. The molecule has 0 aromatic heterocycles. The zero-order valence-corrected chi connectivity index (χ0v) is 18.2. The predicted molar refractivity (Wildman–Crippen MR) is 34.1 cm³/mol. The summed E-state index contributed by atoms with van der Waals surface area (Å²) in [5.74, 6) is 0. The molecule has 0 aliphatic carbocycles. The summed E-state index contributed by atoms with van der Waals surface area (Å²) < 4.78 is 8.55. The topological polar surface area (TPSA) is 219 Å². The van der Waals surface area contributed by atoms with E-state index in [4.69, 9.17) is 49.9 Å². The third kappa shape index (κ3) is 688. The van der Waals surface area contributed by atoms with Crippen molar-refractivity contribution < 1.29 is 118 Å². The Balaban J connectivity index is -0.0000000159. The van der Waals surface area contributed by atoms with Crippen molar-refractivity contribution in [2.45, 2.75) is 0 Å². The summed E-state index contributed by atoms with van der Waals surface area (Å²) in [6.07, 6.45) is 0. The van der Waals surface area contributed by atoms with E-state index in [2.05, 4.69) is 0 Å². The Labute approximate surface area is 190 Å². The first-order chi connectivity index (χ1) is 5.46. The van der Waals surface area contributed by atoms with Crippen LogP contribution in [0.2, 0.25) is 0 Å². The zero-order valence-electron chi connectivity index (χ0n) is 9.13. The summed E-state index contributed by atoms with van der Waals surface area (Å²) in [4.78, 5) is 42.1. The molecule has 0 heterocycles. The van der Waals surface area contributed by atoms with E-state index >= 15 is 0 Å². The van der Waals surface area contributed by atoms with Gasteiger partial charge in [-0.15, -0.1) is 0 Å². The minimum absolute atomic E-state index is 0. The van der Waals surface area contributed by atoms with Gasteiger partial charge in [0.1, 0.15) is 0 Å². The molecular formula is CaN2Na3O10P. The minimum atomic E-state index is -5.39. The molecule has 80 valence electrons. The Bertz CT molecular complexity index is 177. The van der Waals surface area contributed by atoms with Gasteiger partial charge in [0.2, 0.25) is 0 Å². The van der Waals surface area contributed by atoms with Crippen LogP contribution in [0.25, 0.3) is 0 Å². The Kier molecular flexibility index (Phi) is 68.3. The van der Waals surface area contributed by atoms with Gasteiger partial charge in [-0.3, -0.25) is 0 Å². The van der Waals surface area contributed by atoms with Gasteiger partial charge in [0.15, 0.2) is 0 Å². The zero-order chi connectivity index (χ0) is 11.7. The van der Waals surface area contributed by atoms with Crippen LogP contribution in [-0.2, 0) is 4.57 Å². The van der Waals surface area contributed by atoms with E-state index in [-0.39, 0.29) is 126 Å². The van der Waals surface area contributed by atoms with Gasteiger partial charge in [-0.05, 0) is 0 Å². The quantitative estimate of drug-likeness (QED) is 0.177. The van der Waals surface area contributed by atoms with Crippen molar-refractivity contribution in [2.75, 3.05) is 0 Å². The van der Waals surface area contributed by atoms with Gasteiger partial charge in [-0.1, -0.05) is 0 Å². The molecule has 0 fully saturated rings. The van der Waals surface area contributed by atoms with Crippen LogP contribution in [-0.4, -0.2) is 47.9 Å². The Morgan fingerprint density at radius 2 is 0.706 bits per heavy atom. The van der Waals surface area contributed by atoms with Crippen LogP contribution >= 0.6 is 7.82 Å². The molecule has 17 heteroatoms. The fourth-order valence-electron chi connectivity index (χ4n) is 0. The SMILES string of the molecule is O=P([O-])([O-])[O-].O=[N+]([O-])[O-].O=[N+]([O-])[O-].[Ca+2].[Na+].[Na+].[Na+]. The smallest absolute Gasteiger partial charge is 0.822 e. The van der Waals surface area contributed by atoms with Gasteiger partial charge in [-0.25, -0.2) is 0 Å². The second-order valence-electron chi connectivity index (χ2n) is 0.894. The number of phosphoric acid groups is 1. The monoisotopic (exact) mass is 328 g/mol. The van der Waals surface area contributed by atoms with Crippen LogP contribution in [0, 0.1) is 30.6 Å². The Hall–Kier alpha value is 2.77. The second kappa shape index (κ2) is 27.2. The molecule has 12 nitrogen and oxygen atoms in total. The minimum Gasteiger partial charge on any atom is -0.822 e. The molecule has 0 radical (unpaired) electrons. The van der Waals surface area contributed by atoms with E-state index in [0.29, 0.717) is 0 Å². The largest absolute Gasteiger partial charge is 2.00 e. The van der Waals surface area contributed by atoms with Crippen LogP contribution in [0.4, 0.5) is 0 Å². The van der Waals surface area contributed by atoms with Gasteiger partial charge >= 0.3 is 126 Å². The normalized spacial score (nSPS) is 6.29. The Morgan fingerprint density at radius 1 is 0.706 bits per heavy atom. The van der Waals surface area contributed by atoms with Crippen molar-refractivity contribution in [3.63, 3.8) is 0 Å². The molecule has 0 amide bonds. The van der Waals surface area contributed by atoms with Crippen LogP contribution < -0.4 is 103 Å². The first-order valence-corrected chi connectivity index (χ1v) is 3.29. The fourth-order valence-corrected chi connectivity index (χ4v) is 0. The molecule has 17 heavy (non-hydrogen) atoms. The summed E-state index contributed by atoms with van der Waals surface area (Å²) in [5, 5.41) is 29.5. The number of rotatable bonds is 0. The van der Waals surface area contributed by atoms with E-state index in [1.807, 2.05) is 0 Å². The van der Waals surface area contributed by atoms with Gasteiger partial charge in [-0.2, -0.15) is 7.82 Å². The number of hydrogen-bond donors (Lipinski definition) is 0. The number of nitrogens with zero attached hydrogens (tertiary/aromatic N) is 2. The van der Waals surface area contributed by atoms with Crippen LogP contribution in [0.1, 0.15) is 0 Å². The van der Waals surface area contributed by atoms with Crippen molar-refractivity contribution in [3.8, 4) is 0 Å². The van der Waals surface area contributed by atoms with Crippen molar-refractivity contribution in [1.82, 2.24) is 0 Å². The van der Waals surface area contributed by atoms with E-state index in [1.54, 1.807) is 0 Å². The molecule has 0 aromatic carbocycles. The van der Waals surface area contributed by atoms with Crippen molar-refractivity contribution >= 4 is 45.6 Å². The molecule has 0 N–H and O–H groups in total. The average Bonchev–Trinajstić information content (AvgIpc) is 1.50. The standard InChI is InChI=1S/Ca.2NO3.3Na.H3O4P/c;2*2-1(3)4;;;;1-5(2,3)4/h;;;;;;(H3,1,2,3,4)/q+2;2*-1;3*+1;/p-3. The third-order valence-electron chi connectivity index (χ3n) is 0. The molecule has 0 aliphatic rings. The molecule has 0 saturated carbocycles. The van der Waals surface area contributed by atoms with Gasteiger partial charge in [0.05, 0.1) is 10.2 Å². The van der Waals surface area contributed by atoms with E-state index in [1.165, 1.54) is 0 Å². The molecule has 0 aliphatic heterocycles. The molecule has 0 rings (SSSR count). The van der Waals surface area contributed by atoms with E-state index < -0.39 is 18.0 Å². The van der Waals surface area contributed by atoms with Crippen molar-refractivity contribution in [1.29, 1.82) is 0 Å². The molecule has 0 unspecified atom stereocenters. The summed E-state index contributed by atoms with van der Waals surface area (Å²) in [5.41, 5.74) is 0. The van der Waals surface area contributed by atoms with Gasteiger partial charge in [0, 0.05) is 0 Å². The van der Waals surface area contributed by atoms with Crippen molar-refractivity contribution in [3.05, 3.63) is 30.6 Å². The maximum absolute atomic E-state index is 8.55. The summed E-state index contributed by atoms with van der Waals surface area (Å²) in [7, 11) is -5.39. The fraction of sp³-hybridized carbons (Fsp3) is 0. The van der Waals surface area contributed by atoms with Crippen molar-refractivity contribution in [2.24, 2.45) is 0 Å². The third-order valence-corrected chi connectivity index (χ3v) is 0. The van der Waals surface area contributed by atoms with E-state index in [0.717, 1.165) is 0 Å². The van der Waals surface area contributed by atoms with Crippen LogP contribution in [0.5, 0.6) is 0 Å². The first kappa shape index (κ1) is 42.7. The maximum Gasteiger partial charge on any atom is 2.00 e. The molecule has 0 aromatic rings. The van der Waals surface area contributed by atoms with Crippen LogP contribution in [0.3, 0.4) is 0 Å².